The van der Waals surface area contributed by atoms with Crippen LogP contribution in [0.1, 0.15) is 32.0 Å². The Balaban J connectivity index is 1.66. The molecule has 7 heteroatoms. The number of amides is 1. The average Bonchev–Trinajstić information content (AvgIpc) is 2.97. The van der Waals surface area contributed by atoms with Gasteiger partial charge >= 0.3 is 5.97 Å². The number of H-pyrrole nitrogens is 1. The summed E-state index contributed by atoms with van der Waals surface area (Å²) in [7, 11) is 0. The van der Waals surface area contributed by atoms with Crippen molar-refractivity contribution in [3.8, 4) is 0 Å². The van der Waals surface area contributed by atoms with Gasteiger partial charge in [-0.25, -0.2) is 4.79 Å². The highest BCUT2D eigenvalue weighted by Gasteiger charge is 2.25. The van der Waals surface area contributed by atoms with Crippen LogP contribution in [-0.2, 0) is 13.0 Å². The first-order valence-electron chi connectivity index (χ1n) is 8.04. The van der Waals surface area contributed by atoms with Crippen molar-refractivity contribution >= 4 is 46.0 Å². The van der Waals surface area contributed by atoms with Crippen molar-refractivity contribution in [2.75, 3.05) is 6.54 Å². The summed E-state index contributed by atoms with van der Waals surface area (Å²) in [5.41, 5.74) is 3.41. The second-order valence-corrected chi connectivity index (χ2v) is 7.16. The molecule has 0 atom stereocenters. The number of aromatic amines is 1. The molecule has 0 radical (unpaired) electrons. The number of fused-ring (bicyclic) bond motifs is 3. The second kappa shape index (κ2) is 6.34. The van der Waals surface area contributed by atoms with Crippen LogP contribution in [-0.4, -0.2) is 33.4 Å². The third kappa shape index (κ3) is 2.93. The van der Waals surface area contributed by atoms with E-state index in [1.807, 2.05) is 18.2 Å². The normalized spacial score (nSPS) is 13.7. The van der Waals surface area contributed by atoms with Gasteiger partial charge in [-0.3, -0.25) is 4.79 Å². The van der Waals surface area contributed by atoms with Crippen molar-refractivity contribution in [3.05, 3.63) is 68.8 Å². The van der Waals surface area contributed by atoms with Gasteiger partial charge in [-0.05, 0) is 48.4 Å². The van der Waals surface area contributed by atoms with Gasteiger partial charge in [0.25, 0.3) is 5.91 Å². The number of halogens is 2. The van der Waals surface area contributed by atoms with Gasteiger partial charge in [0.1, 0.15) is 0 Å². The summed E-state index contributed by atoms with van der Waals surface area (Å²) >= 11 is 12.1. The fourth-order valence-electron chi connectivity index (χ4n) is 3.41. The maximum Gasteiger partial charge on any atom is 0.335 e. The van der Waals surface area contributed by atoms with E-state index in [-0.39, 0.29) is 22.1 Å². The molecule has 0 spiro atoms. The zero-order valence-corrected chi connectivity index (χ0v) is 15.1. The molecule has 4 rings (SSSR count). The van der Waals surface area contributed by atoms with Crippen molar-refractivity contribution in [2.45, 2.75) is 13.0 Å². The Kier molecular flexibility index (Phi) is 4.13. The van der Waals surface area contributed by atoms with Crippen LogP contribution in [0, 0.1) is 0 Å². The minimum absolute atomic E-state index is 0.00111. The van der Waals surface area contributed by atoms with Gasteiger partial charge in [0.2, 0.25) is 0 Å². The summed E-state index contributed by atoms with van der Waals surface area (Å²) in [5, 5.41) is 11.1. The SMILES string of the molecule is O=C(O)c1cc(Cl)cc(C(=O)N2CCc3c([nH]c4ccc(Cl)cc34)C2)c1. The van der Waals surface area contributed by atoms with Crippen LogP contribution in [0.25, 0.3) is 10.9 Å². The maximum absolute atomic E-state index is 12.8. The van der Waals surface area contributed by atoms with Crippen LogP contribution in [0.3, 0.4) is 0 Å². The molecule has 1 amide bonds. The van der Waals surface area contributed by atoms with Crippen LogP contribution in [0.15, 0.2) is 36.4 Å². The van der Waals surface area contributed by atoms with Gasteiger partial charge in [-0.2, -0.15) is 0 Å². The number of aromatic carboxylic acids is 1. The molecule has 3 aromatic rings. The molecule has 0 bridgehead atoms. The number of carboxylic acid groups (broad SMARTS) is 1. The second-order valence-electron chi connectivity index (χ2n) is 6.28. The van der Waals surface area contributed by atoms with Gasteiger partial charge in [0, 0.05) is 38.8 Å². The Hall–Kier alpha value is -2.50. The largest absolute Gasteiger partial charge is 0.478 e. The average molecular weight is 389 g/mol. The molecule has 0 aliphatic carbocycles. The summed E-state index contributed by atoms with van der Waals surface area (Å²) in [4.78, 5) is 29.1. The highest BCUT2D eigenvalue weighted by Crippen LogP contribution is 2.30. The molecular weight excluding hydrogens is 375 g/mol. The molecule has 0 unspecified atom stereocenters. The first kappa shape index (κ1) is 16.9. The number of benzene rings is 2. The Morgan fingerprint density at radius 1 is 1.04 bits per heavy atom. The molecule has 132 valence electrons. The zero-order valence-electron chi connectivity index (χ0n) is 13.6. The van der Waals surface area contributed by atoms with Crippen molar-refractivity contribution in [1.29, 1.82) is 0 Å². The Labute approximate surface area is 159 Å². The van der Waals surface area contributed by atoms with Crippen molar-refractivity contribution < 1.29 is 14.7 Å². The summed E-state index contributed by atoms with van der Waals surface area (Å²) < 4.78 is 0. The van der Waals surface area contributed by atoms with Crippen molar-refractivity contribution in [3.63, 3.8) is 0 Å². The minimum atomic E-state index is -1.12. The first-order chi connectivity index (χ1) is 12.4. The summed E-state index contributed by atoms with van der Waals surface area (Å²) in [5.74, 6) is -1.35. The standard InChI is InChI=1S/C19H14Cl2N2O3/c20-12-1-2-16-15(8-12)14-3-4-23(9-17(14)22-16)18(24)10-5-11(19(25)26)7-13(21)6-10/h1-2,5-8,22H,3-4,9H2,(H,25,26). The number of carbonyl (C=O) groups is 2. The van der Waals surface area contributed by atoms with E-state index in [1.165, 1.54) is 23.8 Å². The van der Waals surface area contributed by atoms with Gasteiger partial charge in [0.15, 0.2) is 0 Å². The van der Waals surface area contributed by atoms with Gasteiger partial charge < -0.3 is 15.0 Å². The molecule has 1 aromatic heterocycles. The predicted octanol–water partition coefficient (Wildman–Crippen LogP) is 4.37. The van der Waals surface area contributed by atoms with Crippen LogP contribution < -0.4 is 0 Å². The van der Waals surface area contributed by atoms with Gasteiger partial charge in [-0.1, -0.05) is 23.2 Å². The summed E-state index contributed by atoms with van der Waals surface area (Å²) in [6, 6.07) is 9.87. The van der Waals surface area contributed by atoms with Gasteiger partial charge in [0.05, 0.1) is 12.1 Å². The molecule has 2 aromatic carbocycles. The molecule has 1 aliphatic rings. The fourth-order valence-corrected chi connectivity index (χ4v) is 3.81. The first-order valence-corrected chi connectivity index (χ1v) is 8.80. The van der Waals surface area contributed by atoms with Crippen molar-refractivity contribution in [1.82, 2.24) is 9.88 Å². The van der Waals surface area contributed by atoms with Crippen LogP contribution in [0.4, 0.5) is 0 Å². The number of carbonyl (C=O) groups excluding carboxylic acids is 1. The van der Waals surface area contributed by atoms with E-state index in [9.17, 15) is 9.59 Å². The molecule has 0 saturated carbocycles. The lowest BCUT2D eigenvalue weighted by atomic mass is 10.0. The number of hydrogen-bond acceptors (Lipinski definition) is 2. The summed E-state index contributed by atoms with van der Waals surface area (Å²) in [6.45, 7) is 0.968. The number of nitrogens with one attached hydrogen (secondary N) is 1. The van der Waals surface area contributed by atoms with Gasteiger partial charge in [-0.15, -0.1) is 0 Å². The Morgan fingerprint density at radius 3 is 2.58 bits per heavy atom. The monoisotopic (exact) mass is 388 g/mol. The topological polar surface area (TPSA) is 73.4 Å². The molecular formula is C19H14Cl2N2O3. The van der Waals surface area contributed by atoms with Crippen LogP contribution in [0.5, 0.6) is 0 Å². The number of carboxylic acids is 1. The Morgan fingerprint density at radius 2 is 1.81 bits per heavy atom. The number of nitrogens with zero attached hydrogens (tertiary/aromatic N) is 1. The van der Waals surface area contributed by atoms with E-state index < -0.39 is 5.97 Å². The van der Waals surface area contributed by atoms with E-state index in [1.54, 1.807) is 4.90 Å². The lowest BCUT2D eigenvalue weighted by Gasteiger charge is -2.27. The smallest absolute Gasteiger partial charge is 0.335 e. The van der Waals surface area contributed by atoms with E-state index >= 15 is 0 Å². The highest BCUT2D eigenvalue weighted by atomic mass is 35.5. The van der Waals surface area contributed by atoms with E-state index in [4.69, 9.17) is 28.3 Å². The van der Waals surface area contributed by atoms with E-state index in [0.717, 1.165) is 16.6 Å². The van der Waals surface area contributed by atoms with E-state index in [2.05, 4.69) is 4.98 Å². The highest BCUT2D eigenvalue weighted by molar-refractivity contribution is 6.31. The summed E-state index contributed by atoms with van der Waals surface area (Å²) in [6.07, 6.45) is 0.702. The van der Waals surface area contributed by atoms with Crippen molar-refractivity contribution in [2.24, 2.45) is 0 Å². The van der Waals surface area contributed by atoms with Crippen LogP contribution in [0.2, 0.25) is 10.0 Å². The van der Waals surface area contributed by atoms with E-state index in [0.29, 0.717) is 24.5 Å². The molecule has 5 nitrogen and oxygen atoms in total. The van der Waals surface area contributed by atoms with Crippen LogP contribution >= 0.6 is 23.2 Å². The predicted molar refractivity (Wildman–Crippen MR) is 100 cm³/mol. The fraction of sp³-hybridized carbons (Fsp3) is 0.158. The minimum Gasteiger partial charge on any atom is -0.478 e. The molecule has 26 heavy (non-hydrogen) atoms. The maximum atomic E-state index is 12.8. The zero-order chi connectivity index (χ0) is 18.4. The third-order valence-corrected chi connectivity index (χ3v) is 5.07. The number of hydrogen-bond donors (Lipinski definition) is 2. The lowest BCUT2D eigenvalue weighted by molar-refractivity contribution is 0.0697. The quantitative estimate of drug-likeness (QED) is 0.684. The molecule has 2 heterocycles. The molecule has 1 aliphatic heterocycles. The number of rotatable bonds is 2. The Bertz CT molecular complexity index is 1060. The molecule has 2 N–H and O–H groups in total. The third-order valence-electron chi connectivity index (χ3n) is 4.62. The molecule has 0 saturated heterocycles. The molecule has 0 fully saturated rings. The lowest BCUT2D eigenvalue weighted by Crippen LogP contribution is -2.36. The number of aromatic nitrogens is 1.